The van der Waals surface area contributed by atoms with Crippen LogP contribution in [-0.2, 0) is 13.1 Å². The van der Waals surface area contributed by atoms with Crippen LogP contribution in [0.5, 0.6) is 0 Å². The van der Waals surface area contributed by atoms with Gasteiger partial charge in [0.05, 0.1) is 6.54 Å². The zero-order chi connectivity index (χ0) is 16.7. The maximum atomic E-state index is 12.8. The van der Waals surface area contributed by atoms with Crippen molar-refractivity contribution in [2.45, 2.75) is 20.0 Å². The standard InChI is InChI=1S/C16H14ClN5OS/c1-10-11(3-2-4-12(10)17)16(23)21-6-7-22-13(9-21)19-20-14(22)15-18-5-8-24-15/h2-5,8H,6-7,9H2,1H3. The second-order valence-corrected chi connectivity index (χ2v) is 6.87. The lowest BCUT2D eigenvalue weighted by Crippen LogP contribution is -2.38. The van der Waals surface area contributed by atoms with Gasteiger partial charge in [0.1, 0.15) is 0 Å². The topological polar surface area (TPSA) is 63.9 Å². The van der Waals surface area contributed by atoms with Crippen LogP contribution in [0, 0.1) is 6.92 Å². The van der Waals surface area contributed by atoms with Crippen LogP contribution in [0.1, 0.15) is 21.7 Å². The highest BCUT2D eigenvalue weighted by atomic mass is 35.5. The summed E-state index contributed by atoms with van der Waals surface area (Å²) in [6, 6.07) is 5.40. The van der Waals surface area contributed by atoms with E-state index in [1.807, 2.05) is 22.9 Å². The Hall–Kier alpha value is -2.25. The maximum absolute atomic E-state index is 12.8. The molecule has 3 aromatic rings. The van der Waals surface area contributed by atoms with Gasteiger partial charge in [-0.1, -0.05) is 17.7 Å². The lowest BCUT2D eigenvalue weighted by atomic mass is 10.1. The molecule has 0 spiro atoms. The number of amides is 1. The van der Waals surface area contributed by atoms with Crippen molar-refractivity contribution in [3.63, 3.8) is 0 Å². The molecule has 0 saturated heterocycles. The molecule has 0 saturated carbocycles. The van der Waals surface area contributed by atoms with Crippen LogP contribution in [-0.4, -0.2) is 37.1 Å². The maximum Gasteiger partial charge on any atom is 0.254 e. The summed E-state index contributed by atoms with van der Waals surface area (Å²) < 4.78 is 2.04. The summed E-state index contributed by atoms with van der Waals surface area (Å²) in [6.07, 6.45) is 1.75. The van der Waals surface area contributed by atoms with Gasteiger partial charge in [-0.05, 0) is 24.6 Å². The molecule has 1 aromatic carbocycles. The van der Waals surface area contributed by atoms with Crippen LogP contribution in [0.4, 0.5) is 0 Å². The average Bonchev–Trinajstić information content (AvgIpc) is 3.25. The smallest absolute Gasteiger partial charge is 0.254 e. The molecule has 122 valence electrons. The van der Waals surface area contributed by atoms with E-state index < -0.39 is 0 Å². The van der Waals surface area contributed by atoms with Gasteiger partial charge in [-0.25, -0.2) is 4.98 Å². The van der Waals surface area contributed by atoms with Gasteiger partial charge in [-0.2, -0.15) is 0 Å². The van der Waals surface area contributed by atoms with Crippen molar-refractivity contribution in [3.05, 3.63) is 51.7 Å². The van der Waals surface area contributed by atoms with Crippen LogP contribution in [0.2, 0.25) is 5.02 Å². The normalized spacial score (nSPS) is 13.8. The van der Waals surface area contributed by atoms with E-state index in [9.17, 15) is 4.79 Å². The van der Waals surface area contributed by atoms with E-state index in [-0.39, 0.29) is 5.91 Å². The molecule has 0 atom stereocenters. The quantitative estimate of drug-likeness (QED) is 0.705. The van der Waals surface area contributed by atoms with Crippen LogP contribution in [0.3, 0.4) is 0 Å². The zero-order valence-electron chi connectivity index (χ0n) is 12.9. The molecule has 1 aliphatic rings. The van der Waals surface area contributed by atoms with Crippen molar-refractivity contribution in [3.8, 4) is 10.8 Å². The summed E-state index contributed by atoms with van der Waals surface area (Å²) in [6.45, 7) is 3.56. The van der Waals surface area contributed by atoms with Gasteiger partial charge in [-0.15, -0.1) is 21.5 Å². The van der Waals surface area contributed by atoms with E-state index in [0.717, 1.165) is 22.2 Å². The molecule has 0 radical (unpaired) electrons. The van der Waals surface area contributed by atoms with Gasteiger partial charge < -0.3 is 9.47 Å². The van der Waals surface area contributed by atoms with Gasteiger partial charge in [0.15, 0.2) is 16.7 Å². The monoisotopic (exact) mass is 359 g/mol. The first-order valence-electron chi connectivity index (χ1n) is 7.51. The number of thiazole rings is 1. The summed E-state index contributed by atoms with van der Waals surface area (Å²) in [5.74, 6) is 1.52. The molecule has 8 heteroatoms. The Balaban J connectivity index is 1.61. The Labute approximate surface area is 147 Å². The minimum Gasteiger partial charge on any atom is -0.329 e. The van der Waals surface area contributed by atoms with Gasteiger partial charge in [0, 0.05) is 35.3 Å². The Morgan fingerprint density at radius 2 is 2.17 bits per heavy atom. The number of halogens is 1. The second kappa shape index (κ2) is 5.99. The fraction of sp³-hybridized carbons (Fsp3) is 0.250. The van der Waals surface area contributed by atoms with Crippen molar-refractivity contribution in [1.29, 1.82) is 0 Å². The molecule has 2 aromatic heterocycles. The average molecular weight is 360 g/mol. The molecule has 0 N–H and O–H groups in total. The van der Waals surface area contributed by atoms with E-state index in [0.29, 0.717) is 30.2 Å². The van der Waals surface area contributed by atoms with Crippen molar-refractivity contribution in [2.24, 2.45) is 0 Å². The molecule has 24 heavy (non-hydrogen) atoms. The fourth-order valence-electron chi connectivity index (χ4n) is 2.83. The number of carbonyl (C=O) groups is 1. The minimum absolute atomic E-state index is 0.0277. The highest BCUT2D eigenvalue weighted by molar-refractivity contribution is 7.13. The van der Waals surface area contributed by atoms with Gasteiger partial charge in [0.25, 0.3) is 5.91 Å². The number of nitrogens with zero attached hydrogens (tertiary/aromatic N) is 5. The summed E-state index contributed by atoms with van der Waals surface area (Å²) in [5.41, 5.74) is 1.44. The molecule has 0 bridgehead atoms. The van der Waals surface area contributed by atoms with Gasteiger partial charge >= 0.3 is 0 Å². The third-order valence-electron chi connectivity index (χ3n) is 4.16. The number of rotatable bonds is 2. The number of carbonyl (C=O) groups excluding carboxylic acids is 1. The molecule has 1 aliphatic heterocycles. The Morgan fingerprint density at radius 3 is 2.96 bits per heavy atom. The third kappa shape index (κ3) is 2.50. The van der Waals surface area contributed by atoms with E-state index in [2.05, 4.69) is 15.2 Å². The van der Waals surface area contributed by atoms with Gasteiger partial charge in [0.2, 0.25) is 0 Å². The van der Waals surface area contributed by atoms with Crippen LogP contribution < -0.4 is 0 Å². The summed E-state index contributed by atoms with van der Waals surface area (Å²) in [7, 11) is 0. The Kier molecular flexibility index (Phi) is 3.82. The molecule has 6 nitrogen and oxygen atoms in total. The van der Waals surface area contributed by atoms with E-state index in [1.54, 1.807) is 23.2 Å². The van der Waals surface area contributed by atoms with Crippen molar-refractivity contribution in [1.82, 2.24) is 24.6 Å². The molecular weight excluding hydrogens is 346 g/mol. The first-order chi connectivity index (χ1) is 11.6. The molecular formula is C16H14ClN5OS. The lowest BCUT2D eigenvalue weighted by Gasteiger charge is -2.28. The summed E-state index contributed by atoms with van der Waals surface area (Å²) in [5, 5.41) is 11.8. The molecule has 0 unspecified atom stereocenters. The minimum atomic E-state index is -0.0277. The van der Waals surface area contributed by atoms with E-state index in [1.165, 1.54) is 11.3 Å². The fourth-order valence-corrected chi connectivity index (χ4v) is 3.64. The highest BCUT2D eigenvalue weighted by Gasteiger charge is 2.27. The molecule has 1 amide bonds. The van der Waals surface area contributed by atoms with Crippen LogP contribution in [0.25, 0.3) is 10.8 Å². The van der Waals surface area contributed by atoms with Crippen molar-refractivity contribution < 1.29 is 4.79 Å². The molecule has 4 rings (SSSR count). The first kappa shape index (κ1) is 15.3. The van der Waals surface area contributed by atoms with E-state index in [4.69, 9.17) is 11.6 Å². The number of aromatic nitrogens is 4. The summed E-state index contributed by atoms with van der Waals surface area (Å²) in [4.78, 5) is 18.9. The lowest BCUT2D eigenvalue weighted by molar-refractivity contribution is 0.0707. The van der Waals surface area contributed by atoms with Crippen molar-refractivity contribution >= 4 is 28.8 Å². The third-order valence-corrected chi connectivity index (χ3v) is 5.34. The Bertz CT molecular complexity index is 905. The number of hydrogen-bond donors (Lipinski definition) is 0. The molecule has 0 aliphatic carbocycles. The predicted molar refractivity (Wildman–Crippen MR) is 92.1 cm³/mol. The number of benzene rings is 1. The zero-order valence-corrected chi connectivity index (χ0v) is 14.5. The first-order valence-corrected chi connectivity index (χ1v) is 8.77. The number of fused-ring (bicyclic) bond motifs is 1. The van der Waals surface area contributed by atoms with Crippen LogP contribution in [0.15, 0.2) is 29.8 Å². The summed E-state index contributed by atoms with van der Waals surface area (Å²) >= 11 is 7.67. The second-order valence-electron chi connectivity index (χ2n) is 5.57. The molecule has 0 fully saturated rings. The Morgan fingerprint density at radius 1 is 1.29 bits per heavy atom. The van der Waals surface area contributed by atoms with Crippen molar-refractivity contribution in [2.75, 3.05) is 6.54 Å². The van der Waals surface area contributed by atoms with Crippen LogP contribution >= 0.6 is 22.9 Å². The number of hydrogen-bond acceptors (Lipinski definition) is 5. The highest BCUT2D eigenvalue weighted by Crippen LogP contribution is 2.25. The largest absolute Gasteiger partial charge is 0.329 e. The van der Waals surface area contributed by atoms with E-state index >= 15 is 0 Å². The van der Waals surface area contributed by atoms with Gasteiger partial charge in [-0.3, -0.25) is 4.79 Å². The molecule has 3 heterocycles. The predicted octanol–water partition coefficient (Wildman–Crippen LogP) is 3.02. The SMILES string of the molecule is Cc1c(Cl)cccc1C(=O)N1CCn2c(nnc2-c2nccs2)C1.